The minimum Gasteiger partial charge on any atom is -0.493 e. The maximum absolute atomic E-state index is 13.8. The zero-order valence-electron chi connectivity index (χ0n) is 24.3. The van der Waals surface area contributed by atoms with Gasteiger partial charge in [-0.25, -0.2) is 9.78 Å². The first-order valence-corrected chi connectivity index (χ1v) is 15.2. The number of amides is 1. The molecular weight excluding hydrogens is 532 g/mol. The van der Waals surface area contributed by atoms with Crippen molar-refractivity contribution in [2.75, 3.05) is 33.3 Å². The molecule has 40 heavy (non-hydrogen) atoms. The van der Waals surface area contributed by atoms with Gasteiger partial charge >= 0.3 is 16.2 Å². The number of hydrogen-bond acceptors (Lipinski definition) is 9. The van der Waals surface area contributed by atoms with Gasteiger partial charge in [0.25, 0.3) is 0 Å². The molecule has 1 amide bonds. The van der Waals surface area contributed by atoms with Crippen molar-refractivity contribution in [2.45, 2.75) is 60.4 Å². The number of aromatic nitrogens is 2. The summed E-state index contributed by atoms with van der Waals surface area (Å²) in [6.45, 7) is 14.3. The first-order valence-electron chi connectivity index (χ1n) is 13.8. The molecule has 3 aliphatic rings. The average molecular weight is 571 g/mol. The van der Waals surface area contributed by atoms with Crippen molar-refractivity contribution in [2.24, 2.45) is 11.3 Å². The second-order valence-corrected chi connectivity index (χ2v) is 13.2. The van der Waals surface area contributed by atoms with E-state index in [4.69, 9.17) is 13.7 Å². The van der Waals surface area contributed by atoms with Crippen LogP contribution >= 0.6 is 0 Å². The number of hydrogen-bond donors (Lipinski definition) is 0. The summed E-state index contributed by atoms with van der Waals surface area (Å²) in [5.41, 5.74) is 1.34. The minimum atomic E-state index is -4.25. The molecule has 2 fully saturated rings. The first kappa shape index (κ1) is 28.4. The van der Waals surface area contributed by atoms with Crippen LogP contribution in [0, 0.1) is 18.3 Å². The summed E-state index contributed by atoms with van der Waals surface area (Å²) in [5.74, 6) is 0.628. The molecule has 1 aromatic heterocycles. The Labute approximate surface area is 236 Å². The van der Waals surface area contributed by atoms with Gasteiger partial charge in [0, 0.05) is 37.2 Å². The number of nitrogens with zero attached hydrogens (tertiary/aromatic N) is 4. The van der Waals surface area contributed by atoms with Gasteiger partial charge in [0.05, 0.1) is 22.9 Å². The van der Waals surface area contributed by atoms with Crippen LogP contribution in [0.4, 0.5) is 4.79 Å². The van der Waals surface area contributed by atoms with Crippen LogP contribution < -0.4 is 13.7 Å². The SMILES string of the molecule is COc1cc2nc(C)nc(OS(=O)(=O)C3=C(C(C)C)C=C(C)C3(C)C)c2cc1OC(=O)N1CCN2CCCC2C1. The summed E-state index contributed by atoms with van der Waals surface area (Å²) in [6.07, 6.45) is 3.65. The van der Waals surface area contributed by atoms with Gasteiger partial charge in [-0.15, -0.1) is 0 Å². The van der Waals surface area contributed by atoms with E-state index in [0.717, 1.165) is 37.1 Å². The highest BCUT2D eigenvalue weighted by atomic mass is 32.2. The topological polar surface area (TPSA) is 111 Å². The van der Waals surface area contributed by atoms with Crippen LogP contribution in [0.15, 0.2) is 34.3 Å². The molecule has 0 N–H and O–H groups in total. The monoisotopic (exact) mass is 570 g/mol. The number of carbonyl (C=O) groups is 1. The van der Waals surface area contributed by atoms with Crippen LogP contribution in [0.5, 0.6) is 17.4 Å². The lowest BCUT2D eigenvalue weighted by atomic mass is 9.88. The number of fused-ring (bicyclic) bond motifs is 2. The number of rotatable bonds is 6. The molecule has 2 aromatic rings. The normalized spacial score (nSPS) is 21.1. The standard InChI is InChI=1S/C29H38N4O6S/c1-17(2)21-13-18(3)29(5,6)26(21)40(35,36)39-27-22-14-25(24(37-7)15-23(22)30-19(4)31-27)38-28(34)33-12-11-32-10-8-9-20(32)16-33/h13-15,17,20H,8-12,16H2,1-7H3. The Morgan fingerprint density at radius 3 is 2.55 bits per heavy atom. The molecule has 0 saturated carbocycles. The molecule has 2 aliphatic heterocycles. The van der Waals surface area contributed by atoms with Crippen molar-refractivity contribution in [1.29, 1.82) is 0 Å². The fourth-order valence-corrected chi connectivity index (χ4v) is 7.68. The van der Waals surface area contributed by atoms with Crippen molar-refractivity contribution in [3.05, 3.63) is 40.1 Å². The van der Waals surface area contributed by atoms with Crippen LogP contribution in [0.2, 0.25) is 0 Å². The smallest absolute Gasteiger partial charge is 0.415 e. The molecular formula is C29H38N4O6S. The predicted octanol–water partition coefficient (Wildman–Crippen LogP) is 4.83. The maximum Gasteiger partial charge on any atom is 0.415 e. The number of aryl methyl sites for hydroxylation is 1. The fourth-order valence-electron chi connectivity index (χ4n) is 5.89. The third-order valence-corrected chi connectivity index (χ3v) is 9.97. The molecule has 1 unspecified atom stereocenters. The summed E-state index contributed by atoms with van der Waals surface area (Å²) in [5, 5.41) is 0.297. The van der Waals surface area contributed by atoms with Crippen molar-refractivity contribution in [3.63, 3.8) is 0 Å². The predicted molar refractivity (Wildman–Crippen MR) is 152 cm³/mol. The Bertz CT molecular complexity index is 1530. The lowest BCUT2D eigenvalue weighted by Crippen LogP contribution is -2.52. The highest BCUT2D eigenvalue weighted by Crippen LogP contribution is 2.48. The van der Waals surface area contributed by atoms with Gasteiger partial charge in [-0.1, -0.05) is 39.3 Å². The minimum absolute atomic E-state index is 0.0182. The van der Waals surface area contributed by atoms with Crippen LogP contribution in [0.25, 0.3) is 10.9 Å². The molecule has 1 atom stereocenters. The fraction of sp³-hybridized carbons (Fsp3) is 0.552. The summed E-state index contributed by atoms with van der Waals surface area (Å²) in [4.78, 5) is 26.3. The summed E-state index contributed by atoms with van der Waals surface area (Å²) >= 11 is 0. The molecule has 2 saturated heterocycles. The Hall–Kier alpha value is -3.18. The maximum atomic E-state index is 13.8. The summed E-state index contributed by atoms with van der Waals surface area (Å²) in [7, 11) is -2.77. The number of ether oxygens (including phenoxy) is 2. The molecule has 10 nitrogen and oxygen atoms in total. The molecule has 11 heteroatoms. The van der Waals surface area contributed by atoms with Gasteiger partial charge in [0.15, 0.2) is 11.5 Å². The molecule has 0 radical (unpaired) electrons. The highest BCUT2D eigenvalue weighted by Gasteiger charge is 2.43. The van der Waals surface area contributed by atoms with Gasteiger partial charge in [-0.2, -0.15) is 13.4 Å². The Morgan fingerprint density at radius 2 is 1.85 bits per heavy atom. The van der Waals surface area contributed by atoms with Crippen molar-refractivity contribution >= 4 is 27.1 Å². The molecule has 216 valence electrons. The lowest BCUT2D eigenvalue weighted by Gasteiger charge is -2.36. The zero-order valence-corrected chi connectivity index (χ0v) is 25.1. The Balaban J connectivity index is 1.50. The number of allylic oxidation sites excluding steroid dienone is 4. The van der Waals surface area contributed by atoms with E-state index in [9.17, 15) is 13.2 Å². The number of methoxy groups -OCH3 is 1. The van der Waals surface area contributed by atoms with E-state index < -0.39 is 21.6 Å². The Kier molecular flexibility index (Phi) is 7.33. The molecule has 5 rings (SSSR count). The summed E-state index contributed by atoms with van der Waals surface area (Å²) < 4.78 is 44.7. The third-order valence-electron chi connectivity index (χ3n) is 8.35. The zero-order chi connectivity index (χ0) is 29.0. The number of carbonyl (C=O) groups excluding carboxylic acids is 1. The number of benzene rings is 1. The van der Waals surface area contributed by atoms with E-state index in [1.165, 1.54) is 13.2 Å². The van der Waals surface area contributed by atoms with Crippen molar-refractivity contribution in [1.82, 2.24) is 19.8 Å². The Morgan fingerprint density at radius 1 is 1.10 bits per heavy atom. The molecule has 1 aromatic carbocycles. The van der Waals surface area contributed by atoms with Gasteiger partial charge in [0.2, 0.25) is 5.88 Å². The largest absolute Gasteiger partial charge is 0.493 e. The van der Waals surface area contributed by atoms with Gasteiger partial charge in [-0.05, 0) is 50.8 Å². The highest BCUT2D eigenvalue weighted by molar-refractivity contribution is 7.91. The van der Waals surface area contributed by atoms with E-state index in [1.807, 2.05) is 40.7 Å². The van der Waals surface area contributed by atoms with E-state index in [1.54, 1.807) is 17.9 Å². The molecule has 0 bridgehead atoms. The van der Waals surface area contributed by atoms with Crippen LogP contribution in [-0.2, 0) is 10.1 Å². The van der Waals surface area contributed by atoms with E-state index in [0.29, 0.717) is 41.6 Å². The van der Waals surface area contributed by atoms with Gasteiger partial charge in [-0.3, -0.25) is 4.90 Å². The second-order valence-electron chi connectivity index (χ2n) is 11.7. The molecule has 1 aliphatic carbocycles. The molecule has 0 spiro atoms. The second kappa shape index (κ2) is 10.3. The van der Waals surface area contributed by atoms with Crippen LogP contribution in [0.1, 0.15) is 53.3 Å². The van der Waals surface area contributed by atoms with Crippen molar-refractivity contribution in [3.8, 4) is 17.4 Å². The van der Waals surface area contributed by atoms with Crippen molar-refractivity contribution < 1.29 is 26.9 Å². The van der Waals surface area contributed by atoms with Gasteiger partial charge < -0.3 is 18.6 Å². The van der Waals surface area contributed by atoms with Crippen LogP contribution in [-0.4, -0.2) is 73.6 Å². The quantitative estimate of drug-likeness (QED) is 0.451. The number of piperazine rings is 1. The summed E-state index contributed by atoms with van der Waals surface area (Å²) in [6, 6.07) is 3.47. The molecule has 3 heterocycles. The first-order chi connectivity index (χ1) is 18.8. The van der Waals surface area contributed by atoms with Gasteiger partial charge in [0.1, 0.15) is 5.82 Å². The third kappa shape index (κ3) is 5.05. The van der Waals surface area contributed by atoms with Crippen LogP contribution in [0.3, 0.4) is 0 Å². The average Bonchev–Trinajstić information content (AvgIpc) is 3.44. The van der Waals surface area contributed by atoms with E-state index in [-0.39, 0.29) is 22.5 Å². The van der Waals surface area contributed by atoms with E-state index in [2.05, 4.69) is 14.9 Å². The lowest BCUT2D eigenvalue weighted by molar-refractivity contribution is 0.0928. The van der Waals surface area contributed by atoms with E-state index >= 15 is 0 Å².